The Morgan fingerprint density at radius 2 is 2.12 bits per heavy atom. The predicted octanol–water partition coefficient (Wildman–Crippen LogP) is 0.337. The number of likely N-dealkylation sites (tertiary alicyclic amines) is 1. The van der Waals surface area contributed by atoms with Gasteiger partial charge in [-0.05, 0) is 49.5 Å². The van der Waals surface area contributed by atoms with Crippen LogP contribution in [0.3, 0.4) is 0 Å². The van der Waals surface area contributed by atoms with Crippen molar-refractivity contribution in [1.29, 1.82) is 0 Å². The second kappa shape index (κ2) is 9.14. The first-order chi connectivity index (χ1) is 15.4. The molecular formula is C19H22BN5O6S. The highest BCUT2D eigenvalue weighted by Crippen LogP contribution is 2.32. The number of nitrogens with two attached hydrogens (primary N) is 1. The van der Waals surface area contributed by atoms with E-state index in [2.05, 4.69) is 20.4 Å². The number of aromatic nitrogens is 1. The first-order valence-electron chi connectivity index (χ1n) is 10.1. The summed E-state index contributed by atoms with van der Waals surface area (Å²) in [5, 5.41) is 36.6. The minimum absolute atomic E-state index is 0.0314. The molecule has 1 atom stereocenters. The van der Waals surface area contributed by atoms with Crippen LogP contribution in [-0.2, 0) is 17.8 Å². The molecule has 0 saturated carbocycles. The molecule has 168 valence electrons. The van der Waals surface area contributed by atoms with E-state index in [0.29, 0.717) is 12.1 Å². The van der Waals surface area contributed by atoms with Gasteiger partial charge in [0.25, 0.3) is 5.91 Å². The summed E-state index contributed by atoms with van der Waals surface area (Å²) in [4.78, 5) is 30.6. The second-order valence-electron chi connectivity index (χ2n) is 7.73. The molecule has 11 nitrogen and oxygen atoms in total. The van der Waals surface area contributed by atoms with E-state index in [0.717, 1.165) is 42.8 Å². The van der Waals surface area contributed by atoms with Crippen molar-refractivity contribution >= 4 is 41.2 Å². The lowest BCUT2D eigenvalue weighted by molar-refractivity contribution is -0.115. The normalized spacial score (nSPS) is 18.8. The lowest BCUT2D eigenvalue weighted by Crippen LogP contribution is -2.54. The molecule has 1 fully saturated rings. The summed E-state index contributed by atoms with van der Waals surface area (Å²) < 4.78 is 5.50. The number of fused-ring (bicyclic) bond motifs is 1. The van der Waals surface area contributed by atoms with Gasteiger partial charge in [0.15, 0.2) is 10.8 Å². The van der Waals surface area contributed by atoms with Crippen molar-refractivity contribution in [3.63, 3.8) is 0 Å². The molecule has 13 heteroatoms. The molecule has 2 aromatic rings. The van der Waals surface area contributed by atoms with Crippen LogP contribution >= 0.6 is 11.3 Å². The Balaban J connectivity index is 1.56. The minimum atomic E-state index is -1.49. The monoisotopic (exact) mass is 459 g/mol. The number of carboxylic acid groups (broad SMARTS) is 1. The van der Waals surface area contributed by atoms with Gasteiger partial charge in [0, 0.05) is 11.9 Å². The van der Waals surface area contributed by atoms with Crippen LogP contribution in [0.2, 0.25) is 0 Å². The zero-order valence-electron chi connectivity index (χ0n) is 17.0. The van der Waals surface area contributed by atoms with Gasteiger partial charge in [-0.1, -0.05) is 11.2 Å². The van der Waals surface area contributed by atoms with Crippen molar-refractivity contribution in [1.82, 2.24) is 15.2 Å². The van der Waals surface area contributed by atoms with E-state index in [9.17, 15) is 24.9 Å². The molecule has 1 unspecified atom stereocenters. The maximum atomic E-state index is 12.6. The van der Waals surface area contributed by atoms with Crippen molar-refractivity contribution in [2.75, 3.05) is 18.8 Å². The predicted molar refractivity (Wildman–Crippen MR) is 117 cm³/mol. The third kappa shape index (κ3) is 4.54. The lowest BCUT2D eigenvalue weighted by Gasteiger charge is -2.29. The van der Waals surface area contributed by atoms with E-state index < -0.39 is 24.9 Å². The molecular weight excluding hydrogens is 437 g/mol. The number of carbonyl (C=O) groups is 2. The number of thiazole rings is 1. The minimum Gasteiger partial charge on any atom is -0.534 e. The van der Waals surface area contributed by atoms with Crippen LogP contribution in [0.4, 0.5) is 5.13 Å². The van der Waals surface area contributed by atoms with Crippen molar-refractivity contribution in [2.24, 2.45) is 5.16 Å². The standard InChI is InChI=1S/C19H22BN5O6S/c21-19-22-13(9-32-19)15(24-30)17(26)23-14-7-11-5-10(8-25-3-1-2-4-25)6-12(18(27)28)16(11)31-20(14)29/h5-6,9,14,29-30H,1-4,7-8H2,(H2,21,22)(H,23,26)(H,27,28). The van der Waals surface area contributed by atoms with Crippen LogP contribution in [0.25, 0.3) is 0 Å². The van der Waals surface area contributed by atoms with Crippen LogP contribution < -0.4 is 15.7 Å². The Bertz CT molecular complexity index is 1070. The van der Waals surface area contributed by atoms with E-state index >= 15 is 0 Å². The number of aromatic carboxylic acids is 1. The van der Waals surface area contributed by atoms with E-state index in [1.807, 2.05) is 6.07 Å². The SMILES string of the molecule is Nc1nc(C(=NO)C(=O)NC2Cc3cc(CN4CCCC4)cc(C(=O)O)c3OB2O)cs1. The average Bonchev–Trinajstić information content (AvgIpc) is 3.41. The molecule has 0 aliphatic carbocycles. The number of carboxylic acids is 1. The van der Waals surface area contributed by atoms with E-state index in [4.69, 9.17) is 10.4 Å². The molecule has 3 heterocycles. The molecule has 6 N–H and O–H groups in total. The summed E-state index contributed by atoms with van der Waals surface area (Å²) >= 11 is 1.08. The Morgan fingerprint density at radius 3 is 2.75 bits per heavy atom. The third-order valence-electron chi connectivity index (χ3n) is 5.48. The maximum absolute atomic E-state index is 12.6. The number of rotatable bonds is 6. The third-order valence-corrected chi connectivity index (χ3v) is 6.15. The molecule has 1 aromatic heterocycles. The summed E-state index contributed by atoms with van der Waals surface area (Å²) in [7, 11) is -1.49. The number of benzene rings is 1. The molecule has 0 radical (unpaired) electrons. The van der Waals surface area contributed by atoms with Crippen molar-refractivity contribution in [3.05, 3.63) is 39.9 Å². The van der Waals surface area contributed by atoms with Crippen LogP contribution in [0, 0.1) is 0 Å². The fourth-order valence-electron chi connectivity index (χ4n) is 4.00. The Labute approximate surface area is 187 Å². The summed E-state index contributed by atoms with van der Waals surface area (Å²) in [5.41, 5.74) is 6.67. The Morgan fingerprint density at radius 1 is 1.38 bits per heavy atom. The smallest absolute Gasteiger partial charge is 0.534 e. The summed E-state index contributed by atoms with van der Waals surface area (Å²) in [5.74, 6) is -2.74. The van der Waals surface area contributed by atoms with Gasteiger partial charge in [0.2, 0.25) is 0 Å². The molecule has 2 aliphatic rings. The van der Waals surface area contributed by atoms with Crippen molar-refractivity contribution < 1.29 is 29.6 Å². The van der Waals surface area contributed by atoms with Gasteiger partial charge in [-0.3, -0.25) is 9.69 Å². The highest BCUT2D eigenvalue weighted by Gasteiger charge is 2.39. The van der Waals surface area contributed by atoms with Gasteiger partial charge in [-0.2, -0.15) is 0 Å². The van der Waals surface area contributed by atoms with Crippen LogP contribution in [0.15, 0.2) is 22.7 Å². The summed E-state index contributed by atoms with van der Waals surface area (Å²) in [6.45, 7) is 2.52. The summed E-state index contributed by atoms with van der Waals surface area (Å²) in [6, 6.07) is 3.40. The zero-order valence-corrected chi connectivity index (χ0v) is 17.8. The molecule has 0 spiro atoms. The first-order valence-corrected chi connectivity index (χ1v) is 10.9. The van der Waals surface area contributed by atoms with E-state index in [1.165, 1.54) is 5.38 Å². The van der Waals surface area contributed by atoms with E-state index in [-0.39, 0.29) is 34.3 Å². The molecule has 1 aromatic carbocycles. The number of anilines is 1. The molecule has 0 bridgehead atoms. The van der Waals surface area contributed by atoms with Crippen LogP contribution in [0.1, 0.15) is 40.0 Å². The zero-order chi connectivity index (χ0) is 22.8. The Kier molecular flexibility index (Phi) is 6.30. The van der Waals surface area contributed by atoms with Gasteiger partial charge < -0.3 is 31.0 Å². The largest absolute Gasteiger partial charge is 0.547 e. The highest BCUT2D eigenvalue weighted by molar-refractivity contribution is 7.13. The number of nitrogens with zero attached hydrogens (tertiary/aromatic N) is 3. The number of carbonyl (C=O) groups excluding carboxylic acids is 1. The highest BCUT2D eigenvalue weighted by atomic mass is 32.1. The number of hydrogen-bond donors (Lipinski definition) is 5. The molecule has 32 heavy (non-hydrogen) atoms. The number of hydrogen-bond acceptors (Lipinski definition) is 10. The Hall–Kier alpha value is -3.16. The average molecular weight is 459 g/mol. The van der Waals surface area contributed by atoms with Gasteiger partial charge in [0.05, 0.1) is 5.94 Å². The topological polar surface area (TPSA) is 171 Å². The molecule has 1 amide bonds. The molecule has 1 saturated heterocycles. The quantitative estimate of drug-likeness (QED) is 0.177. The number of oxime groups is 1. The molecule has 4 rings (SSSR count). The number of amides is 1. The second-order valence-corrected chi connectivity index (χ2v) is 8.62. The van der Waals surface area contributed by atoms with Crippen molar-refractivity contribution in [3.8, 4) is 5.75 Å². The van der Waals surface area contributed by atoms with Gasteiger partial charge in [-0.25, -0.2) is 9.78 Å². The van der Waals surface area contributed by atoms with Gasteiger partial charge >= 0.3 is 13.1 Å². The van der Waals surface area contributed by atoms with Gasteiger partial charge in [0.1, 0.15) is 17.0 Å². The van der Waals surface area contributed by atoms with E-state index in [1.54, 1.807) is 6.07 Å². The number of nitrogens with one attached hydrogen (secondary N) is 1. The lowest BCUT2D eigenvalue weighted by atomic mass is 9.72. The maximum Gasteiger partial charge on any atom is 0.547 e. The summed E-state index contributed by atoms with van der Waals surface area (Å²) in [6.07, 6.45) is 2.35. The molecule has 2 aliphatic heterocycles. The van der Waals surface area contributed by atoms with Crippen LogP contribution in [-0.4, -0.2) is 69.0 Å². The van der Waals surface area contributed by atoms with Crippen LogP contribution in [0.5, 0.6) is 5.75 Å². The fraction of sp³-hybridized carbons (Fsp3) is 0.368. The van der Waals surface area contributed by atoms with Crippen molar-refractivity contribution in [2.45, 2.75) is 31.7 Å². The fourth-order valence-corrected chi connectivity index (χ4v) is 4.55. The number of nitrogen functional groups attached to an aromatic ring is 1. The van der Waals surface area contributed by atoms with Gasteiger partial charge in [-0.15, -0.1) is 11.3 Å². The first kappa shape index (κ1) is 22.1.